The number of hydrogen-bond acceptors (Lipinski definition) is 5. The summed E-state index contributed by atoms with van der Waals surface area (Å²) in [5.41, 5.74) is 2.52. The van der Waals surface area contributed by atoms with Gasteiger partial charge in [0.15, 0.2) is 6.61 Å². The molecule has 1 aliphatic rings. The minimum atomic E-state index is -2.55. The Balaban J connectivity index is 1.64. The van der Waals surface area contributed by atoms with Gasteiger partial charge in [0.2, 0.25) is 5.88 Å². The first-order valence-corrected chi connectivity index (χ1v) is 9.04. The van der Waals surface area contributed by atoms with Gasteiger partial charge in [-0.15, -0.1) is 0 Å². The van der Waals surface area contributed by atoms with Gasteiger partial charge in [-0.25, -0.2) is 13.8 Å². The summed E-state index contributed by atoms with van der Waals surface area (Å²) in [4.78, 5) is 31.8. The van der Waals surface area contributed by atoms with Crippen molar-refractivity contribution in [1.82, 2.24) is 15.3 Å². The summed E-state index contributed by atoms with van der Waals surface area (Å²) in [7, 11) is 0. The highest BCUT2D eigenvalue weighted by molar-refractivity contribution is 5.94. The number of Topliss-reactive ketones (excluding diaryl/α,β-unsaturated/α-hetero) is 1. The molecule has 6 nitrogen and oxygen atoms in total. The number of aromatic nitrogens is 2. The summed E-state index contributed by atoms with van der Waals surface area (Å²) >= 11 is 0. The van der Waals surface area contributed by atoms with E-state index in [1.165, 1.54) is 19.3 Å². The lowest BCUT2D eigenvalue weighted by molar-refractivity contribution is -0.116. The number of ether oxygens (including phenoxy) is 1. The first kappa shape index (κ1) is 19.9. The summed E-state index contributed by atoms with van der Waals surface area (Å²) in [5, 5.41) is 2.80. The van der Waals surface area contributed by atoms with Crippen LogP contribution in [0.3, 0.4) is 0 Å². The molecule has 0 atom stereocenters. The van der Waals surface area contributed by atoms with E-state index in [2.05, 4.69) is 15.3 Å². The molecule has 1 aliphatic carbocycles. The molecule has 1 amide bonds. The smallest absolute Gasteiger partial charge is 0.272 e. The summed E-state index contributed by atoms with van der Waals surface area (Å²) in [6.07, 6.45) is 2.57. The monoisotopic (exact) mass is 389 g/mol. The van der Waals surface area contributed by atoms with Crippen molar-refractivity contribution in [3.63, 3.8) is 0 Å². The number of carbonyl (C=O) groups is 2. The molecule has 8 heteroatoms. The van der Waals surface area contributed by atoms with Crippen LogP contribution >= 0.6 is 0 Å². The Morgan fingerprint density at radius 3 is 2.75 bits per heavy atom. The van der Waals surface area contributed by atoms with Crippen LogP contribution < -0.4 is 10.1 Å². The minimum Gasteiger partial charge on any atom is -0.471 e. The van der Waals surface area contributed by atoms with E-state index in [4.69, 9.17) is 4.74 Å². The summed E-state index contributed by atoms with van der Waals surface area (Å²) in [5.74, 6) is 0.183. The maximum Gasteiger partial charge on any atom is 0.272 e. The van der Waals surface area contributed by atoms with Gasteiger partial charge in [0.25, 0.3) is 12.3 Å². The predicted molar refractivity (Wildman–Crippen MR) is 97.5 cm³/mol. The molecule has 0 spiro atoms. The highest BCUT2D eigenvalue weighted by Crippen LogP contribution is 2.43. The van der Waals surface area contributed by atoms with Crippen LogP contribution in [0.15, 0.2) is 30.6 Å². The number of rotatable bonds is 9. The Morgan fingerprint density at radius 1 is 1.29 bits per heavy atom. The molecule has 0 radical (unpaired) electrons. The normalized spacial score (nSPS) is 13.4. The van der Waals surface area contributed by atoms with Gasteiger partial charge in [-0.3, -0.25) is 14.6 Å². The Hall–Kier alpha value is -2.90. The second-order valence-corrected chi connectivity index (χ2v) is 6.81. The number of nitrogens with one attached hydrogen (secondary N) is 1. The van der Waals surface area contributed by atoms with Crippen molar-refractivity contribution in [1.29, 1.82) is 0 Å². The van der Waals surface area contributed by atoms with Gasteiger partial charge in [-0.1, -0.05) is 0 Å². The van der Waals surface area contributed by atoms with Crippen LogP contribution in [0.25, 0.3) is 0 Å². The van der Waals surface area contributed by atoms with Crippen molar-refractivity contribution >= 4 is 11.7 Å². The molecule has 1 fully saturated rings. The molecule has 0 unspecified atom stereocenters. The lowest BCUT2D eigenvalue weighted by atomic mass is 10.1. The van der Waals surface area contributed by atoms with Crippen LogP contribution in [0, 0.1) is 0 Å². The Morgan fingerprint density at radius 2 is 2.07 bits per heavy atom. The second kappa shape index (κ2) is 8.86. The number of carbonyl (C=O) groups excluding carboxylic acids is 2. The van der Waals surface area contributed by atoms with E-state index in [-0.39, 0.29) is 36.5 Å². The van der Waals surface area contributed by atoms with E-state index in [0.29, 0.717) is 11.3 Å². The Labute approximate surface area is 161 Å². The molecule has 0 saturated heterocycles. The van der Waals surface area contributed by atoms with Crippen molar-refractivity contribution in [2.24, 2.45) is 0 Å². The number of pyridine rings is 2. The summed E-state index contributed by atoms with van der Waals surface area (Å²) in [6.45, 7) is 1.02. The van der Waals surface area contributed by atoms with Gasteiger partial charge in [-0.2, -0.15) is 0 Å². The molecule has 0 aromatic carbocycles. The van der Waals surface area contributed by atoms with Crippen molar-refractivity contribution in [2.75, 3.05) is 6.61 Å². The van der Waals surface area contributed by atoms with Crippen molar-refractivity contribution < 1.29 is 23.1 Å². The lowest BCUT2D eigenvalue weighted by Crippen LogP contribution is -2.23. The quantitative estimate of drug-likeness (QED) is 0.713. The molecule has 28 heavy (non-hydrogen) atoms. The molecule has 0 bridgehead atoms. The van der Waals surface area contributed by atoms with E-state index >= 15 is 0 Å². The molecule has 3 rings (SSSR count). The second-order valence-electron chi connectivity index (χ2n) is 6.81. The van der Waals surface area contributed by atoms with Crippen LogP contribution in [-0.4, -0.2) is 34.7 Å². The zero-order valence-electron chi connectivity index (χ0n) is 15.5. The van der Waals surface area contributed by atoms with Crippen LogP contribution in [0.1, 0.15) is 52.9 Å². The number of alkyl halides is 2. The van der Waals surface area contributed by atoms with Gasteiger partial charge < -0.3 is 10.1 Å². The minimum absolute atomic E-state index is 0.0297. The SMILES string of the molecule is CC(=O)Cc1cc(C(=O)NCc2cnc(OCC(F)F)c(C3CC3)c2)ccn1. The van der Waals surface area contributed by atoms with Gasteiger partial charge in [0, 0.05) is 42.2 Å². The van der Waals surface area contributed by atoms with Crippen molar-refractivity contribution in [3.05, 3.63) is 53.0 Å². The average molecular weight is 389 g/mol. The maximum atomic E-state index is 12.4. The topological polar surface area (TPSA) is 81.2 Å². The van der Waals surface area contributed by atoms with Gasteiger partial charge in [-0.05, 0) is 49.4 Å². The predicted octanol–water partition coefficient (Wildman–Crippen LogP) is 3.06. The first-order valence-electron chi connectivity index (χ1n) is 9.04. The molecule has 1 N–H and O–H groups in total. The summed E-state index contributed by atoms with van der Waals surface area (Å²) in [6, 6.07) is 5.01. The Bertz CT molecular complexity index is 870. The Kier molecular flexibility index (Phi) is 6.28. The number of nitrogens with zero attached hydrogens (tertiary/aromatic N) is 2. The zero-order chi connectivity index (χ0) is 20.1. The molecule has 2 heterocycles. The third-order valence-corrected chi connectivity index (χ3v) is 4.26. The van der Waals surface area contributed by atoms with Crippen LogP contribution in [0.4, 0.5) is 8.78 Å². The van der Waals surface area contributed by atoms with E-state index in [9.17, 15) is 18.4 Å². The maximum absolute atomic E-state index is 12.4. The zero-order valence-corrected chi connectivity index (χ0v) is 15.5. The van der Waals surface area contributed by atoms with E-state index in [0.717, 1.165) is 24.0 Å². The molecule has 0 aliphatic heterocycles. The van der Waals surface area contributed by atoms with Crippen LogP contribution in [0.5, 0.6) is 5.88 Å². The lowest BCUT2D eigenvalue weighted by Gasteiger charge is -2.12. The number of hydrogen-bond donors (Lipinski definition) is 1. The van der Waals surface area contributed by atoms with E-state index in [1.807, 2.05) is 6.07 Å². The fourth-order valence-electron chi connectivity index (χ4n) is 2.82. The average Bonchev–Trinajstić information content (AvgIpc) is 3.49. The molecule has 2 aromatic heterocycles. The van der Waals surface area contributed by atoms with Crippen LogP contribution in [-0.2, 0) is 17.8 Å². The largest absolute Gasteiger partial charge is 0.471 e. The molecular formula is C20H21F2N3O3. The molecule has 1 saturated carbocycles. The van der Waals surface area contributed by atoms with Crippen molar-refractivity contribution in [2.45, 2.75) is 45.1 Å². The van der Waals surface area contributed by atoms with Gasteiger partial charge in [0.1, 0.15) is 5.78 Å². The molecule has 148 valence electrons. The number of halogens is 2. The van der Waals surface area contributed by atoms with Crippen molar-refractivity contribution in [3.8, 4) is 5.88 Å². The third-order valence-electron chi connectivity index (χ3n) is 4.26. The number of ketones is 1. The van der Waals surface area contributed by atoms with Crippen LogP contribution in [0.2, 0.25) is 0 Å². The summed E-state index contributed by atoms with van der Waals surface area (Å²) < 4.78 is 29.9. The fraction of sp³-hybridized carbons (Fsp3) is 0.400. The van der Waals surface area contributed by atoms with E-state index < -0.39 is 13.0 Å². The van der Waals surface area contributed by atoms with Gasteiger partial charge in [0.05, 0.1) is 0 Å². The molecular weight excluding hydrogens is 368 g/mol. The van der Waals surface area contributed by atoms with Gasteiger partial charge >= 0.3 is 0 Å². The van der Waals surface area contributed by atoms with E-state index in [1.54, 1.807) is 12.1 Å². The number of amides is 1. The highest BCUT2D eigenvalue weighted by Gasteiger charge is 2.28. The fourth-order valence-corrected chi connectivity index (χ4v) is 2.82. The third kappa shape index (κ3) is 5.55. The first-order chi connectivity index (χ1) is 13.4. The standard InChI is InChI=1S/C20H21F2N3O3/c1-12(26)6-16-8-15(4-5-23-16)19(27)24-9-13-7-17(14-2-3-14)20(25-10-13)28-11-18(21)22/h4-5,7-8,10,14,18H,2-3,6,9,11H2,1H3,(H,24,27). The highest BCUT2D eigenvalue weighted by atomic mass is 19.3. The molecule has 2 aromatic rings.